The second-order valence-corrected chi connectivity index (χ2v) is 8.35. The van der Waals surface area contributed by atoms with Gasteiger partial charge in [-0.05, 0) is 13.0 Å². The number of unbranched alkanes of at least 4 members (excludes halogenated alkanes) is 1. The molecule has 2 saturated heterocycles. The first-order valence-electron chi connectivity index (χ1n) is 9.40. The fourth-order valence-corrected chi connectivity index (χ4v) is 4.10. The van der Waals surface area contributed by atoms with E-state index in [1.165, 1.54) is 12.8 Å². The summed E-state index contributed by atoms with van der Waals surface area (Å²) in [6.45, 7) is 8.31. The number of thiazole rings is 1. The highest BCUT2D eigenvalue weighted by atomic mass is 32.1. The van der Waals surface area contributed by atoms with Crippen molar-refractivity contribution < 1.29 is 32.6 Å². The molecule has 1 aromatic rings. The number of alkyl halides is 3. The molecule has 1 aromatic heterocycles. The molecule has 11 heteroatoms. The van der Waals surface area contributed by atoms with Gasteiger partial charge in [0.05, 0.1) is 25.3 Å². The van der Waals surface area contributed by atoms with E-state index in [1.54, 1.807) is 11.3 Å². The fraction of sp³-hybridized carbons (Fsp3) is 0.722. The molecule has 3 rings (SSSR count). The van der Waals surface area contributed by atoms with Crippen LogP contribution >= 0.6 is 11.3 Å². The summed E-state index contributed by atoms with van der Waals surface area (Å²) in [5.74, 6) is -2.50. The van der Waals surface area contributed by atoms with Crippen LogP contribution in [0.1, 0.15) is 31.1 Å². The van der Waals surface area contributed by atoms with Gasteiger partial charge >= 0.3 is 12.1 Å². The molecule has 0 saturated carbocycles. The quantitative estimate of drug-likeness (QED) is 0.763. The van der Waals surface area contributed by atoms with Crippen molar-refractivity contribution in [2.45, 2.75) is 38.9 Å². The van der Waals surface area contributed by atoms with E-state index in [0.717, 1.165) is 37.7 Å². The molecule has 1 amide bonds. The number of nitrogens with zero attached hydrogens (tertiary/aromatic N) is 3. The Morgan fingerprint density at radius 2 is 2.14 bits per heavy atom. The van der Waals surface area contributed by atoms with Crippen LogP contribution in [0.25, 0.3) is 0 Å². The Labute approximate surface area is 171 Å². The van der Waals surface area contributed by atoms with E-state index >= 15 is 0 Å². The van der Waals surface area contributed by atoms with Gasteiger partial charge in [0.1, 0.15) is 0 Å². The standard InChI is InChI=1S/C16H25N3O2S.C2HF3O2/c1-2-3-4-18-5-6-21-12-16(10-18)7-15(20)19(11-16)9-14-8-17-13-22-14;3-2(4,5)1(6)7/h8,13H,2-7,9-12H2,1H3;(H,6,7). The van der Waals surface area contributed by atoms with Gasteiger partial charge < -0.3 is 19.6 Å². The lowest BCUT2D eigenvalue weighted by molar-refractivity contribution is -0.192. The predicted molar refractivity (Wildman–Crippen MR) is 100 cm³/mol. The third kappa shape index (κ3) is 7.23. The molecule has 2 fully saturated rings. The van der Waals surface area contributed by atoms with Gasteiger partial charge in [-0.1, -0.05) is 13.3 Å². The zero-order chi connectivity index (χ0) is 21.5. The molecule has 1 spiro atoms. The molecule has 29 heavy (non-hydrogen) atoms. The molecule has 0 aliphatic carbocycles. The van der Waals surface area contributed by atoms with Crippen molar-refractivity contribution in [3.8, 4) is 0 Å². The Kier molecular flexibility index (Phi) is 8.41. The summed E-state index contributed by atoms with van der Waals surface area (Å²) in [5.41, 5.74) is 1.80. The first-order valence-corrected chi connectivity index (χ1v) is 10.3. The minimum atomic E-state index is -5.08. The highest BCUT2D eigenvalue weighted by Crippen LogP contribution is 2.35. The van der Waals surface area contributed by atoms with Gasteiger partial charge in [0.25, 0.3) is 0 Å². The Balaban J connectivity index is 0.000000370. The number of hydrogen-bond acceptors (Lipinski definition) is 6. The Hall–Kier alpha value is -1.72. The molecule has 1 atom stereocenters. The fourth-order valence-electron chi connectivity index (χ4n) is 3.49. The first-order chi connectivity index (χ1) is 13.6. The molecule has 1 unspecified atom stereocenters. The molecule has 3 heterocycles. The van der Waals surface area contributed by atoms with Crippen LogP contribution in [-0.2, 0) is 20.9 Å². The molecule has 7 nitrogen and oxygen atoms in total. The summed E-state index contributed by atoms with van der Waals surface area (Å²) < 4.78 is 37.6. The maximum atomic E-state index is 12.4. The Morgan fingerprint density at radius 1 is 1.41 bits per heavy atom. The van der Waals surface area contributed by atoms with E-state index in [2.05, 4.69) is 16.8 Å². The number of aromatic nitrogens is 1. The molecule has 164 valence electrons. The van der Waals surface area contributed by atoms with Crippen molar-refractivity contribution in [2.24, 2.45) is 5.41 Å². The van der Waals surface area contributed by atoms with Crippen LogP contribution in [0.15, 0.2) is 11.7 Å². The average molecular weight is 437 g/mol. The smallest absolute Gasteiger partial charge is 0.475 e. The normalized spacial score (nSPS) is 23.0. The van der Waals surface area contributed by atoms with Crippen LogP contribution in [0.5, 0.6) is 0 Å². The minimum absolute atomic E-state index is 0.0218. The first kappa shape index (κ1) is 23.6. The third-order valence-electron chi connectivity index (χ3n) is 4.82. The summed E-state index contributed by atoms with van der Waals surface area (Å²) in [5, 5.41) is 7.12. The topological polar surface area (TPSA) is 83.0 Å². The molecule has 0 radical (unpaired) electrons. The van der Waals surface area contributed by atoms with E-state index in [0.29, 0.717) is 19.6 Å². The maximum Gasteiger partial charge on any atom is 0.490 e. The number of rotatable bonds is 5. The highest BCUT2D eigenvalue weighted by Gasteiger charge is 2.45. The maximum absolute atomic E-state index is 12.4. The Morgan fingerprint density at radius 3 is 2.72 bits per heavy atom. The number of aliphatic carboxylic acids is 1. The third-order valence-corrected chi connectivity index (χ3v) is 5.59. The van der Waals surface area contributed by atoms with E-state index in [-0.39, 0.29) is 11.3 Å². The number of hydrogen-bond donors (Lipinski definition) is 1. The predicted octanol–water partition coefficient (Wildman–Crippen LogP) is 2.63. The van der Waals surface area contributed by atoms with Gasteiger partial charge in [0, 0.05) is 42.5 Å². The van der Waals surface area contributed by atoms with Crippen molar-refractivity contribution >= 4 is 23.2 Å². The number of halogens is 3. The average Bonchev–Trinajstić information content (AvgIpc) is 3.19. The molecule has 0 aromatic carbocycles. The molecule has 2 aliphatic heterocycles. The van der Waals surface area contributed by atoms with Crippen molar-refractivity contribution in [3.05, 3.63) is 16.6 Å². The van der Waals surface area contributed by atoms with Crippen molar-refractivity contribution in [2.75, 3.05) is 39.4 Å². The number of carboxylic acids is 1. The summed E-state index contributed by atoms with van der Waals surface area (Å²) in [7, 11) is 0. The zero-order valence-electron chi connectivity index (χ0n) is 16.3. The largest absolute Gasteiger partial charge is 0.490 e. The summed E-state index contributed by atoms with van der Waals surface area (Å²) >= 11 is 1.62. The SMILES string of the molecule is CCCCN1CCOCC2(CC(=O)N(Cc3cncs3)C2)C1.O=C(O)C(F)(F)F. The molecular formula is C18H26F3N3O4S. The van der Waals surface area contributed by atoms with Gasteiger partial charge in [-0.15, -0.1) is 11.3 Å². The number of likely N-dealkylation sites (tertiary alicyclic amines) is 1. The van der Waals surface area contributed by atoms with E-state index in [9.17, 15) is 18.0 Å². The second kappa shape index (κ2) is 10.4. The van der Waals surface area contributed by atoms with Crippen LogP contribution in [0.4, 0.5) is 13.2 Å². The minimum Gasteiger partial charge on any atom is -0.475 e. The van der Waals surface area contributed by atoms with Gasteiger partial charge in [-0.3, -0.25) is 9.78 Å². The molecule has 2 aliphatic rings. The van der Waals surface area contributed by atoms with E-state index < -0.39 is 12.1 Å². The number of amides is 1. The summed E-state index contributed by atoms with van der Waals surface area (Å²) in [6.07, 6.45) is -0.177. The van der Waals surface area contributed by atoms with Crippen LogP contribution in [-0.4, -0.2) is 77.3 Å². The van der Waals surface area contributed by atoms with Crippen molar-refractivity contribution in [1.82, 2.24) is 14.8 Å². The molecule has 0 bridgehead atoms. The number of carboxylic acid groups (broad SMARTS) is 1. The van der Waals surface area contributed by atoms with E-state index in [4.69, 9.17) is 14.6 Å². The molecular weight excluding hydrogens is 411 g/mol. The van der Waals surface area contributed by atoms with Crippen molar-refractivity contribution in [3.63, 3.8) is 0 Å². The van der Waals surface area contributed by atoms with Gasteiger partial charge in [0.15, 0.2) is 0 Å². The summed E-state index contributed by atoms with van der Waals surface area (Å²) in [4.78, 5) is 31.1. The van der Waals surface area contributed by atoms with Gasteiger partial charge in [-0.25, -0.2) is 4.79 Å². The number of ether oxygens (including phenoxy) is 1. The lowest BCUT2D eigenvalue weighted by Gasteiger charge is -2.31. The molecule has 1 N–H and O–H groups in total. The number of carbonyl (C=O) groups is 2. The lowest BCUT2D eigenvalue weighted by atomic mass is 9.87. The Bertz CT molecular complexity index is 672. The second-order valence-electron chi connectivity index (χ2n) is 7.38. The van der Waals surface area contributed by atoms with E-state index in [1.807, 2.05) is 16.6 Å². The monoisotopic (exact) mass is 437 g/mol. The van der Waals surface area contributed by atoms with Crippen LogP contribution < -0.4 is 0 Å². The highest BCUT2D eigenvalue weighted by molar-refractivity contribution is 7.09. The van der Waals surface area contributed by atoms with Crippen LogP contribution in [0.3, 0.4) is 0 Å². The number of carbonyl (C=O) groups excluding carboxylic acids is 1. The van der Waals surface area contributed by atoms with Gasteiger partial charge in [-0.2, -0.15) is 13.2 Å². The van der Waals surface area contributed by atoms with Gasteiger partial charge in [0.2, 0.25) is 5.91 Å². The van der Waals surface area contributed by atoms with Crippen LogP contribution in [0.2, 0.25) is 0 Å². The zero-order valence-corrected chi connectivity index (χ0v) is 17.1. The lowest BCUT2D eigenvalue weighted by Crippen LogP contribution is -2.41. The van der Waals surface area contributed by atoms with Crippen LogP contribution in [0, 0.1) is 5.41 Å². The van der Waals surface area contributed by atoms with Crippen molar-refractivity contribution in [1.29, 1.82) is 0 Å². The summed E-state index contributed by atoms with van der Waals surface area (Å²) in [6, 6.07) is 0.